The van der Waals surface area contributed by atoms with Gasteiger partial charge in [0.25, 0.3) is 11.8 Å². The summed E-state index contributed by atoms with van der Waals surface area (Å²) in [5.74, 6) is -2.96. The predicted octanol–water partition coefficient (Wildman–Crippen LogP) is 3.28. The van der Waals surface area contributed by atoms with Gasteiger partial charge in [0.05, 0.1) is 30.7 Å². The fourth-order valence-electron chi connectivity index (χ4n) is 4.25. The molecule has 0 radical (unpaired) electrons. The van der Waals surface area contributed by atoms with E-state index in [-0.39, 0.29) is 13.0 Å². The van der Waals surface area contributed by atoms with Crippen molar-refractivity contribution in [3.05, 3.63) is 96.1 Å². The van der Waals surface area contributed by atoms with Gasteiger partial charge in [0.1, 0.15) is 5.75 Å². The largest absolute Gasteiger partial charge is 0.492 e. The Labute approximate surface area is 220 Å². The van der Waals surface area contributed by atoms with E-state index < -0.39 is 42.1 Å². The second-order valence-electron chi connectivity index (χ2n) is 8.72. The highest BCUT2D eigenvalue weighted by Gasteiger charge is 2.37. The van der Waals surface area contributed by atoms with Crippen LogP contribution in [0, 0.1) is 5.92 Å². The molecule has 1 fully saturated rings. The third kappa shape index (κ3) is 6.56. The SMILES string of the molecule is CCOc1ccccc1NC(=O)COC(=O)[C@H]1CC(=O)N(NC(=O)C(c2ccccc2)c2ccccc2)C1. The molecule has 38 heavy (non-hydrogen) atoms. The van der Waals surface area contributed by atoms with Crippen molar-refractivity contribution in [3.8, 4) is 5.75 Å². The number of anilines is 1. The molecule has 4 rings (SSSR count). The number of para-hydroxylation sites is 2. The highest BCUT2D eigenvalue weighted by molar-refractivity contribution is 5.95. The Balaban J connectivity index is 1.34. The van der Waals surface area contributed by atoms with Crippen LogP contribution < -0.4 is 15.5 Å². The molecule has 0 unspecified atom stereocenters. The van der Waals surface area contributed by atoms with E-state index in [1.165, 1.54) is 0 Å². The van der Waals surface area contributed by atoms with Gasteiger partial charge in [-0.2, -0.15) is 0 Å². The second kappa shape index (κ2) is 12.5. The molecule has 1 saturated heterocycles. The van der Waals surface area contributed by atoms with Crippen molar-refractivity contribution in [2.75, 3.05) is 25.1 Å². The summed E-state index contributed by atoms with van der Waals surface area (Å²) in [4.78, 5) is 50.8. The van der Waals surface area contributed by atoms with Gasteiger partial charge in [-0.05, 0) is 30.2 Å². The Bertz CT molecular complexity index is 1240. The van der Waals surface area contributed by atoms with Crippen molar-refractivity contribution in [2.24, 2.45) is 5.92 Å². The molecule has 3 aromatic carbocycles. The molecule has 3 aromatic rings. The van der Waals surface area contributed by atoms with E-state index in [0.29, 0.717) is 18.0 Å². The quantitative estimate of drug-likeness (QED) is 0.401. The van der Waals surface area contributed by atoms with E-state index in [0.717, 1.165) is 16.1 Å². The number of hydrazine groups is 1. The average molecular weight is 516 g/mol. The van der Waals surface area contributed by atoms with Crippen molar-refractivity contribution in [2.45, 2.75) is 19.3 Å². The van der Waals surface area contributed by atoms with Gasteiger partial charge in [-0.3, -0.25) is 29.6 Å². The molecule has 9 heteroatoms. The van der Waals surface area contributed by atoms with Crippen molar-refractivity contribution in [3.63, 3.8) is 0 Å². The standard InChI is InChI=1S/C29H29N3O6/c1-2-37-24-16-10-9-15-23(24)30-25(33)19-38-29(36)22-17-26(34)32(18-22)31-28(35)27(20-11-5-3-6-12-20)21-13-7-4-8-14-21/h3-16,22,27H,2,17-19H2,1H3,(H,30,33)(H,31,35)/t22-/m0/s1. The molecule has 0 aromatic heterocycles. The zero-order valence-electron chi connectivity index (χ0n) is 21.0. The first-order valence-corrected chi connectivity index (χ1v) is 12.3. The number of hydrogen-bond acceptors (Lipinski definition) is 6. The fourth-order valence-corrected chi connectivity index (χ4v) is 4.25. The van der Waals surface area contributed by atoms with Gasteiger partial charge in [0, 0.05) is 6.42 Å². The van der Waals surface area contributed by atoms with Gasteiger partial charge in [-0.1, -0.05) is 72.8 Å². The van der Waals surface area contributed by atoms with Gasteiger partial charge in [-0.25, -0.2) is 0 Å². The minimum absolute atomic E-state index is 0.0471. The lowest BCUT2D eigenvalue weighted by molar-refractivity contribution is -0.151. The Morgan fingerprint density at radius 1 is 0.921 bits per heavy atom. The number of benzene rings is 3. The predicted molar refractivity (Wildman–Crippen MR) is 140 cm³/mol. The maximum absolute atomic E-state index is 13.3. The number of carbonyl (C=O) groups excluding carboxylic acids is 4. The highest BCUT2D eigenvalue weighted by Crippen LogP contribution is 2.26. The first-order chi connectivity index (χ1) is 18.5. The molecule has 2 N–H and O–H groups in total. The van der Waals surface area contributed by atoms with Crippen molar-refractivity contribution < 1.29 is 28.7 Å². The zero-order valence-corrected chi connectivity index (χ0v) is 21.0. The number of ether oxygens (including phenoxy) is 2. The third-order valence-electron chi connectivity index (χ3n) is 6.04. The van der Waals surface area contributed by atoms with E-state index in [1.54, 1.807) is 24.3 Å². The van der Waals surface area contributed by atoms with Crippen LogP contribution in [0.25, 0.3) is 0 Å². The van der Waals surface area contributed by atoms with E-state index >= 15 is 0 Å². The zero-order chi connectivity index (χ0) is 26.9. The molecule has 0 saturated carbocycles. The molecule has 0 bridgehead atoms. The van der Waals surface area contributed by atoms with Crippen LogP contribution in [0.5, 0.6) is 5.75 Å². The van der Waals surface area contributed by atoms with Gasteiger partial charge in [-0.15, -0.1) is 0 Å². The minimum atomic E-state index is -0.807. The number of hydrogen-bond donors (Lipinski definition) is 2. The van der Waals surface area contributed by atoms with Crippen molar-refractivity contribution >= 4 is 29.4 Å². The number of amides is 3. The number of carbonyl (C=O) groups is 4. The number of rotatable bonds is 10. The van der Waals surface area contributed by atoms with Gasteiger partial charge in [0.15, 0.2) is 6.61 Å². The topological polar surface area (TPSA) is 114 Å². The summed E-state index contributed by atoms with van der Waals surface area (Å²) < 4.78 is 10.6. The molecule has 0 aliphatic carbocycles. The molecular formula is C29H29N3O6. The second-order valence-corrected chi connectivity index (χ2v) is 8.72. The maximum atomic E-state index is 13.3. The molecule has 3 amide bonds. The summed E-state index contributed by atoms with van der Waals surface area (Å²) in [6.45, 7) is 1.70. The molecule has 0 spiro atoms. The Kier molecular flexibility index (Phi) is 8.71. The van der Waals surface area contributed by atoms with E-state index in [4.69, 9.17) is 9.47 Å². The lowest BCUT2D eigenvalue weighted by Crippen LogP contribution is -2.45. The van der Waals surface area contributed by atoms with Crippen LogP contribution in [0.1, 0.15) is 30.4 Å². The minimum Gasteiger partial charge on any atom is -0.492 e. The molecular weight excluding hydrogens is 486 g/mol. The van der Waals surface area contributed by atoms with Crippen LogP contribution >= 0.6 is 0 Å². The number of nitrogens with one attached hydrogen (secondary N) is 2. The van der Waals surface area contributed by atoms with Crippen LogP contribution in [0.15, 0.2) is 84.9 Å². The summed E-state index contributed by atoms with van der Waals surface area (Å²) in [7, 11) is 0. The maximum Gasteiger partial charge on any atom is 0.311 e. The molecule has 1 aliphatic rings. The first kappa shape index (κ1) is 26.4. The molecule has 9 nitrogen and oxygen atoms in total. The fraction of sp³-hybridized carbons (Fsp3) is 0.241. The van der Waals surface area contributed by atoms with Crippen molar-refractivity contribution in [1.82, 2.24) is 10.4 Å². The Morgan fingerprint density at radius 3 is 2.16 bits per heavy atom. The van der Waals surface area contributed by atoms with Gasteiger partial charge in [0.2, 0.25) is 5.91 Å². The Hall–Kier alpha value is -4.66. The summed E-state index contributed by atoms with van der Waals surface area (Å²) >= 11 is 0. The first-order valence-electron chi connectivity index (χ1n) is 12.3. The van der Waals surface area contributed by atoms with Crippen molar-refractivity contribution in [1.29, 1.82) is 0 Å². The summed E-state index contributed by atoms with van der Waals surface area (Å²) in [5, 5.41) is 3.80. The van der Waals surface area contributed by atoms with E-state index in [2.05, 4.69) is 10.7 Å². The normalized spacial score (nSPS) is 14.7. The molecule has 1 aliphatic heterocycles. The van der Waals surface area contributed by atoms with Crippen LogP contribution in [-0.2, 0) is 23.9 Å². The summed E-state index contributed by atoms with van der Waals surface area (Å²) in [5.41, 5.74) is 4.68. The van der Waals surface area contributed by atoms with E-state index in [1.807, 2.05) is 67.6 Å². The van der Waals surface area contributed by atoms with E-state index in [9.17, 15) is 19.2 Å². The van der Waals surface area contributed by atoms with Crippen LogP contribution in [0.3, 0.4) is 0 Å². The Morgan fingerprint density at radius 2 is 1.53 bits per heavy atom. The molecule has 1 heterocycles. The number of esters is 1. The highest BCUT2D eigenvalue weighted by atomic mass is 16.5. The summed E-state index contributed by atoms with van der Waals surface area (Å²) in [6, 6.07) is 25.4. The average Bonchev–Trinajstić information content (AvgIpc) is 3.30. The lowest BCUT2D eigenvalue weighted by Gasteiger charge is -2.23. The monoisotopic (exact) mass is 515 g/mol. The van der Waals surface area contributed by atoms with Crippen LogP contribution in [-0.4, -0.2) is 48.5 Å². The van der Waals surface area contributed by atoms with Crippen LogP contribution in [0.2, 0.25) is 0 Å². The molecule has 196 valence electrons. The third-order valence-corrected chi connectivity index (χ3v) is 6.04. The van der Waals surface area contributed by atoms with Gasteiger partial charge >= 0.3 is 5.97 Å². The molecule has 1 atom stereocenters. The van der Waals surface area contributed by atoms with Crippen LogP contribution in [0.4, 0.5) is 5.69 Å². The number of nitrogens with zero attached hydrogens (tertiary/aromatic N) is 1. The summed E-state index contributed by atoms with van der Waals surface area (Å²) in [6.07, 6.45) is -0.130. The smallest absolute Gasteiger partial charge is 0.311 e. The van der Waals surface area contributed by atoms with Gasteiger partial charge < -0.3 is 14.8 Å². The lowest BCUT2D eigenvalue weighted by atomic mass is 9.91.